The highest BCUT2D eigenvalue weighted by Gasteiger charge is 2.36. The van der Waals surface area contributed by atoms with Gasteiger partial charge in [-0.1, -0.05) is 32.0 Å². The molecule has 194 valence electrons. The largest absolute Gasteiger partial charge is 0.508 e. The molecule has 2 aliphatic rings. The second kappa shape index (κ2) is 11.3. The fraction of sp³-hybridized carbons (Fsp3) is 0.464. The first-order valence-corrected chi connectivity index (χ1v) is 12.7. The number of nitrogens with zero attached hydrogens (tertiary/aromatic N) is 1. The summed E-state index contributed by atoms with van der Waals surface area (Å²) in [7, 11) is 1.73. The second-order valence-electron chi connectivity index (χ2n) is 9.73. The summed E-state index contributed by atoms with van der Waals surface area (Å²) in [5.74, 6) is 0.155. The number of benzene rings is 2. The number of methoxy groups -OCH3 is 1. The van der Waals surface area contributed by atoms with E-state index < -0.39 is 6.04 Å². The smallest absolute Gasteiger partial charge is 0.245 e. The molecule has 0 saturated carbocycles. The maximum absolute atomic E-state index is 13.0. The molecule has 0 spiro atoms. The molecule has 4 rings (SSSR count). The Morgan fingerprint density at radius 1 is 1.22 bits per heavy atom. The normalized spacial score (nSPS) is 17.9. The number of nitrogens with one attached hydrogen (secondary N) is 2. The number of fused-ring (bicyclic) bond motifs is 1. The van der Waals surface area contributed by atoms with Crippen LogP contribution in [0.15, 0.2) is 30.3 Å². The quantitative estimate of drug-likeness (QED) is 0.395. The Bertz CT molecular complexity index is 1140. The molecule has 0 radical (unpaired) electrons. The van der Waals surface area contributed by atoms with E-state index in [0.717, 1.165) is 44.6 Å². The lowest BCUT2D eigenvalue weighted by atomic mass is 9.89. The highest BCUT2D eigenvalue weighted by Crippen LogP contribution is 2.42. The van der Waals surface area contributed by atoms with E-state index in [1.165, 1.54) is 17.2 Å². The van der Waals surface area contributed by atoms with Crippen LogP contribution in [0.2, 0.25) is 0 Å². The first kappa shape index (κ1) is 26.0. The molecule has 2 aromatic rings. The zero-order valence-electron chi connectivity index (χ0n) is 21.6. The first-order chi connectivity index (χ1) is 17.3. The van der Waals surface area contributed by atoms with Crippen molar-refractivity contribution in [2.45, 2.75) is 52.1 Å². The summed E-state index contributed by atoms with van der Waals surface area (Å²) >= 11 is 0. The molecule has 1 atom stereocenters. The average molecular weight is 496 g/mol. The number of carbonyl (C=O) groups excluding carboxylic acids is 1. The molecule has 2 aliphatic heterocycles. The Labute approximate surface area is 212 Å². The van der Waals surface area contributed by atoms with Crippen LogP contribution >= 0.6 is 0 Å². The van der Waals surface area contributed by atoms with Crippen molar-refractivity contribution in [3.8, 4) is 11.5 Å². The number of aromatic hydroxyl groups is 2. The molecule has 2 heterocycles. The standard InChI is InChI=1S/C28H37N3O5/c1-5-29-28(34)26-25(27(36-30-26)22-14-21(17(2)3)23(32)15-24(22)33)19-7-8-20-16-31(10-6-12-35-4)11-9-18(20)13-19/h7-8,13-15,17,26,30,32-33H,5-6,9-12,16H2,1-4H3,(H,29,34). The van der Waals surface area contributed by atoms with Gasteiger partial charge in [-0.25, -0.2) is 0 Å². The van der Waals surface area contributed by atoms with Crippen LogP contribution in [0.3, 0.4) is 0 Å². The van der Waals surface area contributed by atoms with Crippen molar-refractivity contribution in [1.82, 2.24) is 15.7 Å². The van der Waals surface area contributed by atoms with Crippen molar-refractivity contribution in [1.29, 1.82) is 0 Å². The number of hydrogen-bond donors (Lipinski definition) is 4. The summed E-state index contributed by atoms with van der Waals surface area (Å²) in [5, 5.41) is 24.0. The number of rotatable bonds is 9. The van der Waals surface area contributed by atoms with Crippen LogP contribution in [0.25, 0.3) is 11.3 Å². The van der Waals surface area contributed by atoms with Crippen LogP contribution in [0.1, 0.15) is 60.9 Å². The number of phenolic OH excluding ortho intramolecular Hbond substituents is 2. The van der Waals surface area contributed by atoms with Gasteiger partial charge in [-0.2, -0.15) is 0 Å². The summed E-state index contributed by atoms with van der Waals surface area (Å²) < 4.78 is 5.19. The van der Waals surface area contributed by atoms with Crippen molar-refractivity contribution in [3.63, 3.8) is 0 Å². The summed E-state index contributed by atoms with van der Waals surface area (Å²) in [4.78, 5) is 21.3. The highest BCUT2D eigenvalue weighted by atomic mass is 16.7. The fourth-order valence-corrected chi connectivity index (χ4v) is 4.96. The molecular weight excluding hydrogens is 458 g/mol. The van der Waals surface area contributed by atoms with E-state index in [1.54, 1.807) is 13.2 Å². The molecule has 0 aromatic heterocycles. The van der Waals surface area contributed by atoms with Crippen molar-refractivity contribution >= 4 is 17.2 Å². The van der Waals surface area contributed by atoms with E-state index in [1.807, 2.05) is 26.8 Å². The van der Waals surface area contributed by atoms with Crippen LogP contribution in [0, 0.1) is 0 Å². The molecule has 8 heteroatoms. The van der Waals surface area contributed by atoms with Gasteiger partial charge in [0.2, 0.25) is 5.91 Å². The van der Waals surface area contributed by atoms with E-state index in [0.29, 0.717) is 29.0 Å². The topological polar surface area (TPSA) is 103 Å². The van der Waals surface area contributed by atoms with Crippen LogP contribution < -0.4 is 10.8 Å². The Morgan fingerprint density at radius 2 is 2.03 bits per heavy atom. The van der Waals surface area contributed by atoms with Crippen molar-refractivity contribution in [2.24, 2.45) is 0 Å². The number of amides is 1. The average Bonchev–Trinajstić information content (AvgIpc) is 3.29. The van der Waals surface area contributed by atoms with Crippen molar-refractivity contribution < 1.29 is 24.6 Å². The SMILES string of the molecule is CCNC(=O)C1NOC(c2cc(C(C)C)c(O)cc2O)=C1c1ccc2c(c1)CCN(CCCOC)C2. The monoisotopic (exact) mass is 495 g/mol. The lowest BCUT2D eigenvalue weighted by Gasteiger charge is -2.29. The Hall–Kier alpha value is -3.07. The van der Waals surface area contributed by atoms with Crippen LogP contribution in [-0.2, 0) is 27.3 Å². The van der Waals surface area contributed by atoms with Gasteiger partial charge in [-0.3, -0.25) is 9.69 Å². The number of ether oxygens (including phenoxy) is 1. The lowest BCUT2D eigenvalue weighted by molar-refractivity contribution is -0.123. The minimum atomic E-state index is -0.733. The van der Waals surface area contributed by atoms with Crippen LogP contribution in [0.4, 0.5) is 0 Å². The third-order valence-corrected chi connectivity index (χ3v) is 6.87. The lowest BCUT2D eigenvalue weighted by Crippen LogP contribution is -2.41. The number of hydrogen-bond acceptors (Lipinski definition) is 7. The predicted molar refractivity (Wildman–Crippen MR) is 139 cm³/mol. The molecule has 1 unspecified atom stereocenters. The van der Waals surface area contributed by atoms with E-state index in [9.17, 15) is 15.0 Å². The molecule has 4 N–H and O–H groups in total. The molecule has 1 amide bonds. The van der Waals surface area contributed by atoms with Gasteiger partial charge in [0, 0.05) is 51.5 Å². The van der Waals surface area contributed by atoms with Crippen LogP contribution in [0.5, 0.6) is 11.5 Å². The predicted octanol–water partition coefficient (Wildman–Crippen LogP) is 3.52. The molecule has 36 heavy (non-hydrogen) atoms. The van der Waals surface area contributed by atoms with Crippen molar-refractivity contribution in [3.05, 3.63) is 58.1 Å². The Morgan fingerprint density at radius 3 is 2.75 bits per heavy atom. The van der Waals surface area contributed by atoms with E-state index in [2.05, 4.69) is 27.8 Å². The molecular formula is C28H37N3O5. The summed E-state index contributed by atoms with van der Waals surface area (Å²) in [6, 6.07) is 8.63. The van der Waals surface area contributed by atoms with Gasteiger partial charge < -0.3 is 25.1 Å². The van der Waals surface area contributed by atoms with E-state index in [-0.39, 0.29) is 23.3 Å². The molecule has 0 aliphatic carbocycles. The van der Waals surface area contributed by atoms with Gasteiger partial charge in [0.25, 0.3) is 0 Å². The molecule has 2 aromatic carbocycles. The minimum absolute atomic E-state index is 0.0310. The van der Waals surface area contributed by atoms with Crippen LogP contribution in [-0.4, -0.2) is 60.4 Å². The maximum atomic E-state index is 13.0. The highest BCUT2D eigenvalue weighted by molar-refractivity contribution is 6.05. The molecule has 0 bridgehead atoms. The third kappa shape index (κ3) is 5.36. The second-order valence-corrected chi connectivity index (χ2v) is 9.73. The Kier molecular flexibility index (Phi) is 8.18. The van der Waals surface area contributed by atoms with Gasteiger partial charge in [0.1, 0.15) is 11.5 Å². The molecule has 0 saturated heterocycles. The minimum Gasteiger partial charge on any atom is -0.508 e. The van der Waals surface area contributed by atoms with Gasteiger partial charge >= 0.3 is 0 Å². The summed E-state index contributed by atoms with van der Waals surface area (Å²) in [6.45, 7) is 9.92. The van der Waals surface area contributed by atoms with Gasteiger partial charge in [0.15, 0.2) is 11.8 Å². The number of likely N-dealkylation sites (N-methyl/N-ethyl adjacent to an activating group) is 1. The number of phenols is 2. The van der Waals surface area contributed by atoms with Gasteiger partial charge in [-0.15, -0.1) is 5.48 Å². The zero-order valence-corrected chi connectivity index (χ0v) is 21.6. The van der Waals surface area contributed by atoms with Gasteiger partial charge in [0.05, 0.1) is 5.56 Å². The fourth-order valence-electron chi connectivity index (χ4n) is 4.96. The van der Waals surface area contributed by atoms with Crippen molar-refractivity contribution in [2.75, 3.05) is 33.4 Å². The first-order valence-electron chi connectivity index (χ1n) is 12.7. The zero-order chi connectivity index (χ0) is 25.8. The molecule has 0 fully saturated rings. The third-order valence-electron chi connectivity index (χ3n) is 6.87. The van der Waals surface area contributed by atoms with Gasteiger partial charge in [-0.05, 0) is 54.0 Å². The van der Waals surface area contributed by atoms with E-state index >= 15 is 0 Å². The van der Waals surface area contributed by atoms with E-state index in [4.69, 9.17) is 9.57 Å². The molecule has 8 nitrogen and oxygen atoms in total. The number of carbonyl (C=O) groups is 1. The summed E-state index contributed by atoms with van der Waals surface area (Å²) in [6.07, 6.45) is 1.92. The maximum Gasteiger partial charge on any atom is 0.245 e. The summed E-state index contributed by atoms with van der Waals surface area (Å²) in [5.41, 5.74) is 8.07. The Balaban J connectivity index is 1.75. The number of hydroxylamine groups is 1.